The summed E-state index contributed by atoms with van der Waals surface area (Å²) in [6.45, 7) is 8.90. The van der Waals surface area contributed by atoms with Crippen molar-refractivity contribution in [3.05, 3.63) is 35.9 Å². The predicted molar refractivity (Wildman–Crippen MR) is 109 cm³/mol. The zero-order chi connectivity index (χ0) is 21.2. The van der Waals surface area contributed by atoms with Gasteiger partial charge in [0.15, 0.2) is 0 Å². The smallest absolute Gasteiger partial charge is 0.407 e. The van der Waals surface area contributed by atoms with Gasteiger partial charge in [0.1, 0.15) is 5.60 Å². The number of carbonyl (C=O) groups excluding carboxylic acids is 3. The molecule has 3 unspecified atom stereocenters. The standard InChI is InChI=1S/C22H31N3O4/c1-15(16-8-6-5-7-9-16)25-14-17(12-19(25)26)20(27)24-11-10-18(24)13-23-21(28)29-22(2,3)4/h5-9,15,17-18H,10-14H2,1-4H3,(H,23,28). The lowest BCUT2D eigenvalue weighted by Gasteiger charge is -2.42. The molecule has 3 amide bonds. The van der Waals surface area contributed by atoms with E-state index in [0.717, 1.165) is 12.0 Å². The van der Waals surface area contributed by atoms with Crippen LogP contribution in [0.5, 0.6) is 0 Å². The van der Waals surface area contributed by atoms with Gasteiger partial charge in [-0.15, -0.1) is 0 Å². The second-order valence-electron chi connectivity index (χ2n) is 8.89. The second-order valence-corrected chi connectivity index (χ2v) is 8.89. The van der Waals surface area contributed by atoms with Crippen molar-refractivity contribution in [3.8, 4) is 0 Å². The molecule has 29 heavy (non-hydrogen) atoms. The molecule has 7 heteroatoms. The summed E-state index contributed by atoms with van der Waals surface area (Å²) >= 11 is 0. The van der Waals surface area contributed by atoms with Gasteiger partial charge >= 0.3 is 6.09 Å². The van der Waals surface area contributed by atoms with Crippen LogP contribution in [0.3, 0.4) is 0 Å². The molecular weight excluding hydrogens is 370 g/mol. The Morgan fingerprint density at radius 1 is 1.24 bits per heavy atom. The Bertz CT molecular complexity index is 759. The van der Waals surface area contributed by atoms with Crippen LogP contribution in [0.25, 0.3) is 0 Å². The Hall–Kier alpha value is -2.57. The zero-order valence-electron chi connectivity index (χ0n) is 17.7. The van der Waals surface area contributed by atoms with Gasteiger partial charge in [-0.25, -0.2) is 4.79 Å². The number of carbonyl (C=O) groups is 3. The fourth-order valence-electron chi connectivity index (χ4n) is 3.88. The molecule has 2 heterocycles. The van der Waals surface area contributed by atoms with Gasteiger partial charge in [-0.1, -0.05) is 30.3 Å². The monoisotopic (exact) mass is 401 g/mol. The molecule has 1 N–H and O–H groups in total. The minimum atomic E-state index is -0.553. The number of rotatable bonds is 5. The van der Waals surface area contributed by atoms with E-state index in [2.05, 4.69) is 5.32 Å². The van der Waals surface area contributed by atoms with E-state index in [0.29, 0.717) is 19.6 Å². The molecule has 1 aromatic carbocycles. The molecule has 0 bridgehead atoms. The van der Waals surface area contributed by atoms with Crippen molar-refractivity contribution in [2.24, 2.45) is 5.92 Å². The highest BCUT2D eigenvalue weighted by molar-refractivity contribution is 5.90. The highest BCUT2D eigenvalue weighted by atomic mass is 16.6. The van der Waals surface area contributed by atoms with Gasteiger partial charge in [-0.3, -0.25) is 9.59 Å². The summed E-state index contributed by atoms with van der Waals surface area (Å²) in [4.78, 5) is 40.9. The third kappa shape index (κ3) is 5.08. The molecule has 2 aliphatic rings. The lowest BCUT2D eigenvalue weighted by Crippen LogP contribution is -2.57. The van der Waals surface area contributed by atoms with Crippen LogP contribution in [0.15, 0.2) is 30.3 Å². The molecule has 158 valence electrons. The van der Waals surface area contributed by atoms with E-state index in [-0.39, 0.29) is 36.2 Å². The van der Waals surface area contributed by atoms with E-state index in [1.54, 1.807) is 9.80 Å². The minimum absolute atomic E-state index is 0.00310. The number of ether oxygens (including phenoxy) is 1. The van der Waals surface area contributed by atoms with Gasteiger partial charge in [0.2, 0.25) is 11.8 Å². The number of nitrogens with one attached hydrogen (secondary N) is 1. The van der Waals surface area contributed by atoms with Crippen LogP contribution in [0.4, 0.5) is 4.79 Å². The summed E-state index contributed by atoms with van der Waals surface area (Å²) in [6, 6.07) is 9.77. The number of likely N-dealkylation sites (tertiary alicyclic amines) is 2. The van der Waals surface area contributed by atoms with Crippen LogP contribution in [0.2, 0.25) is 0 Å². The van der Waals surface area contributed by atoms with Crippen molar-refractivity contribution in [1.82, 2.24) is 15.1 Å². The van der Waals surface area contributed by atoms with Crippen molar-refractivity contribution in [3.63, 3.8) is 0 Å². The lowest BCUT2D eigenvalue weighted by molar-refractivity contribution is -0.143. The van der Waals surface area contributed by atoms with Gasteiger partial charge in [0.25, 0.3) is 0 Å². The summed E-state index contributed by atoms with van der Waals surface area (Å²) in [5.74, 6) is -0.301. The van der Waals surface area contributed by atoms with Gasteiger partial charge in [-0.2, -0.15) is 0 Å². The molecule has 2 aliphatic heterocycles. The number of hydrogen-bond acceptors (Lipinski definition) is 4. The van der Waals surface area contributed by atoms with Gasteiger partial charge < -0.3 is 19.9 Å². The Morgan fingerprint density at radius 2 is 1.93 bits per heavy atom. The zero-order valence-corrected chi connectivity index (χ0v) is 17.7. The van der Waals surface area contributed by atoms with Crippen LogP contribution in [-0.2, 0) is 14.3 Å². The minimum Gasteiger partial charge on any atom is -0.444 e. The number of hydrogen-bond donors (Lipinski definition) is 1. The van der Waals surface area contributed by atoms with Crippen molar-refractivity contribution in [2.45, 2.75) is 58.2 Å². The number of nitrogens with zero attached hydrogens (tertiary/aromatic N) is 2. The first-order valence-corrected chi connectivity index (χ1v) is 10.3. The molecule has 3 rings (SSSR count). The number of alkyl carbamates (subject to hydrolysis) is 1. The number of benzene rings is 1. The summed E-state index contributed by atoms with van der Waals surface area (Å²) < 4.78 is 5.24. The van der Waals surface area contributed by atoms with Crippen molar-refractivity contribution >= 4 is 17.9 Å². The molecular formula is C22H31N3O4. The van der Waals surface area contributed by atoms with Crippen LogP contribution >= 0.6 is 0 Å². The average molecular weight is 402 g/mol. The van der Waals surface area contributed by atoms with E-state index in [1.165, 1.54) is 0 Å². The van der Waals surface area contributed by atoms with Crippen LogP contribution < -0.4 is 5.32 Å². The van der Waals surface area contributed by atoms with Crippen molar-refractivity contribution in [1.29, 1.82) is 0 Å². The van der Waals surface area contributed by atoms with Gasteiger partial charge in [-0.05, 0) is 39.7 Å². The maximum absolute atomic E-state index is 13.0. The molecule has 0 aliphatic carbocycles. The first-order chi connectivity index (χ1) is 13.7. The molecule has 0 radical (unpaired) electrons. The molecule has 2 fully saturated rings. The Labute approximate surface area is 172 Å². The topological polar surface area (TPSA) is 79.0 Å². The Kier molecular flexibility index (Phi) is 6.15. The summed E-state index contributed by atoms with van der Waals surface area (Å²) in [5.41, 5.74) is 0.514. The SMILES string of the molecule is CC(c1ccccc1)N1CC(C(=O)N2CCC2CNC(=O)OC(C)(C)C)CC1=O. The molecule has 3 atom stereocenters. The highest BCUT2D eigenvalue weighted by Crippen LogP contribution is 2.31. The van der Waals surface area contributed by atoms with E-state index in [9.17, 15) is 14.4 Å². The van der Waals surface area contributed by atoms with E-state index < -0.39 is 11.7 Å². The first kappa shape index (κ1) is 21.1. The van der Waals surface area contributed by atoms with Crippen LogP contribution in [-0.4, -0.2) is 59.0 Å². The summed E-state index contributed by atoms with van der Waals surface area (Å²) in [5, 5.41) is 2.74. The molecule has 2 saturated heterocycles. The van der Waals surface area contributed by atoms with E-state index >= 15 is 0 Å². The summed E-state index contributed by atoms with van der Waals surface area (Å²) in [7, 11) is 0. The Morgan fingerprint density at radius 3 is 2.52 bits per heavy atom. The third-order valence-electron chi connectivity index (χ3n) is 5.57. The maximum Gasteiger partial charge on any atom is 0.407 e. The molecule has 7 nitrogen and oxygen atoms in total. The van der Waals surface area contributed by atoms with Gasteiger partial charge in [0, 0.05) is 26.1 Å². The van der Waals surface area contributed by atoms with Gasteiger partial charge in [0.05, 0.1) is 18.0 Å². The number of amides is 3. The van der Waals surface area contributed by atoms with Crippen LogP contribution in [0.1, 0.15) is 52.1 Å². The normalized spacial score (nSPS) is 22.8. The quantitative estimate of drug-likeness (QED) is 0.823. The van der Waals surface area contributed by atoms with E-state index in [1.807, 2.05) is 58.0 Å². The molecule has 0 spiro atoms. The van der Waals surface area contributed by atoms with Crippen molar-refractivity contribution in [2.75, 3.05) is 19.6 Å². The fourth-order valence-corrected chi connectivity index (χ4v) is 3.88. The fraction of sp³-hybridized carbons (Fsp3) is 0.591. The lowest BCUT2D eigenvalue weighted by atomic mass is 9.98. The second kappa shape index (κ2) is 8.43. The molecule has 1 aromatic rings. The largest absolute Gasteiger partial charge is 0.444 e. The molecule has 0 saturated carbocycles. The first-order valence-electron chi connectivity index (χ1n) is 10.3. The third-order valence-corrected chi connectivity index (χ3v) is 5.57. The summed E-state index contributed by atoms with van der Waals surface area (Å²) in [6.07, 6.45) is 0.612. The molecule has 0 aromatic heterocycles. The van der Waals surface area contributed by atoms with Crippen LogP contribution in [0, 0.1) is 5.92 Å². The maximum atomic E-state index is 13.0. The van der Waals surface area contributed by atoms with Crippen molar-refractivity contribution < 1.29 is 19.1 Å². The highest BCUT2D eigenvalue weighted by Gasteiger charge is 2.42. The predicted octanol–water partition coefficient (Wildman–Crippen LogP) is 2.72. The Balaban J connectivity index is 1.53. The van der Waals surface area contributed by atoms with E-state index in [4.69, 9.17) is 4.74 Å². The average Bonchev–Trinajstić information content (AvgIpc) is 3.01.